The molecule has 0 aliphatic carbocycles. The highest BCUT2D eigenvalue weighted by Gasteiger charge is 2.14. The Bertz CT molecular complexity index is 561. The number of benzene rings is 1. The number of anilines is 2. The van der Waals surface area contributed by atoms with Gasteiger partial charge in [-0.05, 0) is 25.1 Å². The lowest BCUT2D eigenvalue weighted by Crippen LogP contribution is -2.23. The number of nitrogens with one attached hydrogen (secondary N) is 3. The minimum absolute atomic E-state index is 0. The molecule has 0 unspecified atom stereocenters. The lowest BCUT2D eigenvalue weighted by molar-refractivity contribution is -0.118. The quantitative estimate of drug-likeness (QED) is 0.375. The van der Waals surface area contributed by atoms with Gasteiger partial charge < -0.3 is 21.1 Å². The van der Waals surface area contributed by atoms with E-state index >= 15 is 0 Å². The van der Waals surface area contributed by atoms with Crippen LogP contribution in [-0.2, 0) is 9.53 Å². The van der Waals surface area contributed by atoms with Crippen LogP contribution in [0.5, 0.6) is 0 Å². The molecule has 1 aromatic carbocycles. The van der Waals surface area contributed by atoms with Crippen molar-refractivity contribution in [2.24, 2.45) is 11.7 Å². The first-order valence-corrected chi connectivity index (χ1v) is 6.58. The summed E-state index contributed by atoms with van der Waals surface area (Å²) in [6.45, 7) is 5.50. The normalized spacial score (nSPS) is 9.64. The third kappa shape index (κ3) is 5.61. The van der Waals surface area contributed by atoms with Gasteiger partial charge in [0.05, 0.1) is 23.5 Å². The first kappa shape index (κ1) is 19.7. The Morgan fingerprint density at radius 2 is 1.91 bits per heavy atom. The first-order valence-electron chi connectivity index (χ1n) is 6.58. The van der Waals surface area contributed by atoms with Crippen LogP contribution < -0.4 is 16.4 Å². The maximum Gasteiger partial charge on any atom is 0.338 e. The molecule has 0 saturated heterocycles. The second kappa shape index (κ2) is 8.89. The molecule has 0 fully saturated rings. The number of hydrogen-bond acceptors (Lipinski definition) is 4. The number of nitrogens with two attached hydrogens (primary N) is 1. The van der Waals surface area contributed by atoms with E-state index in [9.17, 15) is 9.59 Å². The lowest BCUT2D eigenvalue weighted by Gasteiger charge is -2.14. The summed E-state index contributed by atoms with van der Waals surface area (Å²) in [4.78, 5) is 23.5. The number of guanidine groups is 1. The van der Waals surface area contributed by atoms with Crippen LogP contribution in [0.15, 0.2) is 18.2 Å². The Labute approximate surface area is 135 Å². The van der Waals surface area contributed by atoms with Crippen molar-refractivity contribution < 1.29 is 14.3 Å². The Kier molecular flexibility index (Phi) is 7.96. The van der Waals surface area contributed by atoms with Crippen LogP contribution in [0.25, 0.3) is 0 Å². The van der Waals surface area contributed by atoms with Gasteiger partial charge in [0.15, 0.2) is 5.96 Å². The highest BCUT2D eigenvalue weighted by Crippen LogP contribution is 2.24. The lowest BCUT2D eigenvalue weighted by atomic mass is 10.1. The summed E-state index contributed by atoms with van der Waals surface area (Å²) < 4.78 is 4.91. The number of carbonyl (C=O) groups excluding carboxylic acids is 2. The molecule has 5 N–H and O–H groups in total. The summed E-state index contributed by atoms with van der Waals surface area (Å²) >= 11 is 0. The number of rotatable bonds is 5. The van der Waals surface area contributed by atoms with Crippen molar-refractivity contribution in [1.82, 2.24) is 0 Å². The van der Waals surface area contributed by atoms with Crippen molar-refractivity contribution in [2.45, 2.75) is 20.8 Å². The molecule has 0 aliphatic rings. The molecule has 0 heterocycles. The molecule has 1 aromatic rings. The van der Waals surface area contributed by atoms with Gasteiger partial charge in [-0.25, -0.2) is 4.79 Å². The monoisotopic (exact) mass is 328 g/mol. The maximum atomic E-state index is 11.8. The summed E-state index contributed by atoms with van der Waals surface area (Å²) in [6, 6.07) is 4.59. The second-order valence-corrected chi connectivity index (χ2v) is 4.66. The van der Waals surface area contributed by atoms with E-state index in [1.165, 1.54) is 6.07 Å². The number of carbonyl (C=O) groups is 2. The number of esters is 1. The fourth-order valence-electron chi connectivity index (χ4n) is 1.52. The Balaban J connectivity index is 0.00000441. The third-order valence-electron chi connectivity index (χ3n) is 2.58. The molecule has 8 heteroatoms. The van der Waals surface area contributed by atoms with Gasteiger partial charge in [-0.1, -0.05) is 13.8 Å². The summed E-state index contributed by atoms with van der Waals surface area (Å²) in [5, 5.41) is 12.6. The molecule has 7 nitrogen and oxygen atoms in total. The summed E-state index contributed by atoms with van der Waals surface area (Å²) in [5.41, 5.74) is 6.43. The summed E-state index contributed by atoms with van der Waals surface area (Å²) in [7, 11) is 0. The molecule has 0 aliphatic heterocycles. The van der Waals surface area contributed by atoms with E-state index in [-0.39, 0.29) is 36.8 Å². The third-order valence-corrected chi connectivity index (χ3v) is 2.58. The Morgan fingerprint density at radius 1 is 1.27 bits per heavy atom. The maximum absolute atomic E-state index is 11.8. The van der Waals surface area contributed by atoms with Gasteiger partial charge in [0, 0.05) is 5.92 Å². The van der Waals surface area contributed by atoms with Crippen LogP contribution in [0.2, 0.25) is 0 Å². The van der Waals surface area contributed by atoms with Crippen molar-refractivity contribution in [3.63, 3.8) is 0 Å². The smallest absolute Gasteiger partial charge is 0.338 e. The van der Waals surface area contributed by atoms with Gasteiger partial charge in [0.2, 0.25) is 5.91 Å². The highest BCUT2D eigenvalue weighted by molar-refractivity contribution is 6.02. The molecular weight excluding hydrogens is 308 g/mol. The fraction of sp³-hybridized carbons (Fsp3) is 0.357. The minimum Gasteiger partial charge on any atom is -0.462 e. The van der Waals surface area contributed by atoms with Crippen LogP contribution in [0.3, 0.4) is 0 Å². The van der Waals surface area contributed by atoms with Crippen molar-refractivity contribution in [2.75, 3.05) is 17.2 Å². The van der Waals surface area contributed by atoms with Gasteiger partial charge in [0.1, 0.15) is 0 Å². The zero-order valence-electron chi connectivity index (χ0n) is 12.7. The number of halogens is 1. The second-order valence-electron chi connectivity index (χ2n) is 4.66. The number of ether oxygens (including phenoxy) is 1. The predicted molar refractivity (Wildman–Crippen MR) is 88.7 cm³/mol. The molecule has 1 rings (SSSR count). The van der Waals surface area contributed by atoms with E-state index in [0.717, 1.165) is 0 Å². The number of amides is 1. The SMILES string of the molecule is CCOC(=O)c1ccc(NC(=O)C(C)C)c(NC(=N)N)c1.Cl. The average molecular weight is 329 g/mol. The van der Waals surface area contributed by atoms with Crippen LogP contribution >= 0.6 is 12.4 Å². The molecule has 0 saturated carbocycles. The molecule has 0 aromatic heterocycles. The molecule has 0 atom stereocenters. The van der Waals surface area contributed by atoms with Gasteiger partial charge in [-0.15, -0.1) is 12.4 Å². The van der Waals surface area contributed by atoms with E-state index in [4.69, 9.17) is 15.9 Å². The van der Waals surface area contributed by atoms with Crippen LogP contribution in [0.4, 0.5) is 11.4 Å². The van der Waals surface area contributed by atoms with Gasteiger partial charge in [-0.3, -0.25) is 10.2 Å². The van der Waals surface area contributed by atoms with Crippen molar-refractivity contribution in [1.29, 1.82) is 5.41 Å². The Hall–Kier alpha value is -2.28. The van der Waals surface area contributed by atoms with E-state index in [1.807, 2.05) is 0 Å². The fourth-order valence-corrected chi connectivity index (χ4v) is 1.52. The average Bonchev–Trinajstić information content (AvgIpc) is 2.40. The topological polar surface area (TPSA) is 117 Å². The Morgan fingerprint density at radius 3 is 2.41 bits per heavy atom. The zero-order valence-corrected chi connectivity index (χ0v) is 13.5. The van der Waals surface area contributed by atoms with Gasteiger partial charge >= 0.3 is 5.97 Å². The molecule has 122 valence electrons. The molecule has 0 spiro atoms. The number of hydrogen-bond donors (Lipinski definition) is 4. The van der Waals surface area contributed by atoms with Crippen molar-refractivity contribution in [3.05, 3.63) is 23.8 Å². The van der Waals surface area contributed by atoms with E-state index in [1.54, 1.807) is 32.9 Å². The predicted octanol–water partition coefficient (Wildman–Crippen LogP) is 2.18. The van der Waals surface area contributed by atoms with Crippen LogP contribution in [-0.4, -0.2) is 24.4 Å². The first-order chi connectivity index (χ1) is 9.85. The minimum atomic E-state index is -0.481. The largest absolute Gasteiger partial charge is 0.462 e. The van der Waals surface area contributed by atoms with E-state index in [2.05, 4.69) is 10.6 Å². The standard InChI is InChI=1S/C14H20N4O3.ClH/c1-4-21-13(20)9-5-6-10(17-12(19)8(2)3)11(7-9)18-14(15)16;/h5-8H,4H2,1-3H3,(H,17,19)(H4,15,16,18);1H. The van der Waals surface area contributed by atoms with Crippen LogP contribution in [0, 0.1) is 11.3 Å². The van der Waals surface area contributed by atoms with E-state index in [0.29, 0.717) is 16.9 Å². The van der Waals surface area contributed by atoms with Gasteiger partial charge in [-0.2, -0.15) is 0 Å². The molecule has 22 heavy (non-hydrogen) atoms. The van der Waals surface area contributed by atoms with Gasteiger partial charge in [0.25, 0.3) is 0 Å². The van der Waals surface area contributed by atoms with Crippen LogP contribution in [0.1, 0.15) is 31.1 Å². The highest BCUT2D eigenvalue weighted by atomic mass is 35.5. The molecule has 1 amide bonds. The zero-order chi connectivity index (χ0) is 16.0. The summed E-state index contributed by atoms with van der Waals surface area (Å²) in [6.07, 6.45) is 0. The van der Waals surface area contributed by atoms with Crippen molar-refractivity contribution >= 4 is 41.6 Å². The summed E-state index contributed by atoms with van der Waals surface area (Å²) in [5.74, 6) is -1.15. The molecular formula is C14H21ClN4O3. The van der Waals surface area contributed by atoms with E-state index < -0.39 is 5.97 Å². The molecule has 0 bridgehead atoms. The van der Waals surface area contributed by atoms with Crippen molar-refractivity contribution in [3.8, 4) is 0 Å². The molecule has 0 radical (unpaired) electrons.